The number of primary amides is 1. The second-order valence-corrected chi connectivity index (χ2v) is 10.1. The molecule has 2 fully saturated rings. The van der Waals surface area contributed by atoms with Gasteiger partial charge in [0.1, 0.15) is 0 Å². The number of nitrogen functional groups attached to an aromatic ring is 1. The molecule has 158 valence electrons. The number of hydrogen-bond donors (Lipinski definition) is 3. The molecule has 0 heterocycles. The van der Waals surface area contributed by atoms with Gasteiger partial charge in [-0.15, -0.1) is 0 Å². The van der Waals surface area contributed by atoms with E-state index in [0.29, 0.717) is 23.3 Å². The van der Waals surface area contributed by atoms with Gasteiger partial charge in [0.05, 0.1) is 6.10 Å². The molecular weight excluding hydrogens is 372 g/mol. The van der Waals surface area contributed by atoms with Crippen LogP contribution >= 0.6 is 0 Å². The third-order valence-corrected chi connectivity index (χ3v) is 8.58. The minimum Gasteiger partial charge on any atom is -0.399 e. The molecule has 2 aromatic rings. The maximum atomic E-state index is 11.6. The van der Waals surface area contributed by atoms with E-state index in [1.165, 1.54) is 17.5 Å². The zero-order chi connectivity index (χ0) is 21.0. The molecule has 3 unspecified atom stereocenters. The number of nitrogens with two attached hydrogens (primary N) is 2. The van der Waals surface area contributed by atoms with Gasteiger partial charge in [0.15, 0.2) is 0 Å². The third kappa shape index (κ3) is 3.04. The van der Waals surface area contributed by atoms with Crippen LogP contribution in [0.3, 0.4) is 0 Å². The van der Waals surface area contributed by atoms with Gasteiger partial charge in [-0.2, -0.15) is 0 Å². The average Bonchev–Trinajstić information content (AvgIpc) is 2.98. The normalized spacial score (nSPS) is 34.7. The predicted octanol–water partition coefficient (Wildman–Crippen LogP) is 4.05. The summed E-state index contributed by atoms with van der Waals surface area (Å²) in [5.74, 6) is 1.61. The van der Waals surface area contributed by atoms with Crippen molar-refractivity contribution in [2.24, 2.45) is 28.9 Å². The van der Waals surface area contributed by atoms with Crippen molar-refractivity contribution in [3.05, 3.63) is 64.7 Å². The maximum Gasteiger partial charge on any atom is 0.248 e. The van der Waals surface area contributed by atoms with Gasteiger partial charge in [-0.3, -0.25) is 4.79 Å². The average molecular weight is 405 g/mol. The van der Waals surface area contributed by atoms with Crippen LogP contribution < -0.4 is 11.5 Å². The topological polar surface area (TPSA) is 89.3 Å². The lowest BCUT2D eigenvalue weighted by Gasteiger charge is -2.50. The summed E-state index contributed by atoms with van der Waals surface area (Å²) < 4.78 is 0. The van der Waals surface area contributed by atoms with Crippen molar-refractivity contribution < 1.29 is 9.90 Å². The zero-order valence-electron chi connectivity index (χ0n) is 17.7. The van der Waals surface area contributed by atoms with Crippen molar-refractivity contribution in [1.29, 1.82) is 0 Å². The lowest BCUT2D eigenvalue weighted by atomic mass is 9.55. The van der Waals surface area contributed by atoms with Crippen LogP contribution in [0.4, 0.5) is 5.69 Å². The van der Waals surface area contributed by atoms with Gasteiger partial charge in [0.2, 0.25) is 5.91 Å². The minimum absolute atomic E-state index is 0.0154. The van der Waals surface area contributed by atoms with E-state index in [1.54, 1.807) is 6.07 Å². The summed E-state index contributed by atoms with van der Waals surface area (Å²) in [6.45, 7) is 2.32. The molecule has 0 spiro atoms. The zero-order valence-corrected chi connectivity index (χ0v) is 17.7. The van der Waals surface area contributed by atoms with Crippen LogP contribution in [0.1, 0.15) is 65.6 Å². The smallest absolute Gasteiger partial charge is 0.248 e. The Morgan fingerprint density at radius 3 is 2.83 bits per heavy atom. The van der Waals surface area contributed by atoms with Crippen LogP contribution in [-0.2, 0) is 12.8 Å². The number of carbonyl (C=O) groups excluding carboxylic acids is 1. The molecule has 4 heteroatoms. The second-order valence-electron chi connectivity index (χ2n) is 10.1. The largest absolute Gasteiger partial charge is 0.399 e. The molecule has 5 N–H and O–H groups in total. The quantitative estimate of drug-likeness (QED) is 0.674. The van der Waals surface area contributed by atoms with Gasteiger partial charge in [0.25, 0.3) is 0 Å². The number of aryl methyl sites for hydroxylation is 1. The molecule has 3 aliphatic carbocycles. The number of anilines is 1. The Bertz CT molecular complexity index is 987. The first-order valence-corrected chi connectivity index (χ1v) is 11.3. The van der Waals surface area contributed by atoms with E-state index in [0.717, 1.165) is 43.4 Å². The maximum absolute atomic E-state index is 11.6. The number of benzene rings is 2. The van der Waals surface area contributed by atoms with Crippen LogP contribution in [-0.4, -0.2) is 17.1 Å². The van der Waals surface area contributed by atoms with Gasteiger partial charge in [-0.1, -0.05) is 25.1 Å². The highest BCUT2D eigenvalue weighted by molar-refractivity contribution is 5.92. The molecule has 1 amide bonds. The molecule has 3 aliphatic rings. The standard InChI is InChI=1S/C26H32N2O2/c1-26-10-9-21-20-8-6-19(27)13-16(20)5-7-22(21)23(26)14-18(24(26)29)12-15-3-2-4-17(11-15)25(28)30/h2-4,6,8,11,13,18,21-24,29H,5,7,9-10,12,14,27H2,1H3,(H2,28,30)/t18-,21?,22?,23?,24-,26-/m0/s1. The first-order valence-electron chi connectivity index (χ1n) is 11.3. The highest BCUT2D eigenvalue weighted by atomic mass is 16.3. The summed E-state index contributed by atoms with van der Waals surface area (Å²) in [5, 5.41) is 11.4. The lowest BCUT2D eigenvalue weighted by Crippen LogP contribution is -2.44. The molecule has 30 heavy (non-hydrogen) atoms. The Balaban J connectivity index is 1.40. The van der Waals surface area contributed by atoms with E-state index in [-0.39, 0.29) is 17.4 Å². The number of hydrogen-bond acceptors (Lipinski definition) is 3. The molecule has 5 rings (SSSR count). The van der Waals surface area contributed by atoms with Crippen molar-refractivity contribution in [3.63, 3.8) is 0 Å². The second kappa shape index (κ2) is 7.12. The molecule has 0 aliphatic heterocycles. The van der Waals surface area contributed by atoms with Crippen molar-refractivity contribution >= 4 is 11.6 Å². The number of aliphatic hydroxyl groups excluding tert-OH is 1. The van der Waals surface area contributed by atoms with Gasteiger partial charge >= 0.3 is 0 Å². The fourth-order valence-electron chi connectivity index (χ4n) is 7.10. The van der Waals surface area contributed by atoms with Crippen LogP contribution in [0, 0.1) is 23.2 Å². The summed E-state index contributed by atoms with van der Waals surface area (Å²) in [4.78, 5) is 11.6. The first-order chi connectivity index (χ1) is 14.4. The third-order valence-electron chi connectivity index (χ3n) is 8.58. The molecule has 0 bridgehead atoms. The Morgan fingerprint density at radius 2 is 2.03 bits per heavy atom. The Morgan fingerprint density at radius 1 is 1.20 bits per heavy atom. The molecule has 0 saturated heterocycles. The minimum atomic E-state index is -0.395. The monoisotopic (exact) mass is 404 g/mol. The Kier molecular flexibility index (Phi) is 4.66. The van der Waals surface area contributed by atoms with Crippen LogP contribution in [0.2, 0.25) is 0 Å². The van der Waals surface area contributed by atoms with E-state index in [9.17, 15) is 9.90 Å². The molecule has 2 aromatic carbocycles. The molecular formula is C26H32N2O2. The number of amides is 1. The molecule has 0 radical (unpaired) electrons. The summed E-state index contributed by atoms with van der Waals surface area (Å²) in [7, 11) is 0. The van der Waals surface area contributed by atoms with Gasteiger partial charge < -0.3 is 16.6 Å². The molecule has 6 atom stereocenters. The van der Waals surface area contributed by atoms with Crippen molar-refractivity contribution in [2.75, 3.05) is 5.73 Å². The summed E-state index contributed by atoms with van der Waals surface area (Å²) in [6.07, 6.45) is 6.07. The van der Waals surface area contributed by atoms with E-state index in [4.69, 9.17) is 11.5 Å². The SMILES string of the molecule is C[C@]12CCC3c4ccc(N)cc4CCC3C1C[C@H](Cc1cccc(C(N)=O)c1)[C@@H]2O. The van der Waals surface area contributed by atoms with Crippen LogP contribution in [0.15, 0.2) is 42.5 Å². The van der Waals surface area contributed by atoms with Crippen molar-refractivity contribution in [2.45, 2.75) is 57.5 Å². The summed E-state index contributed by atoms with van der Waals surface area (Å²) >= 11 is 0. The lowest BCUT2D eigenvalue weighted by molar-refractivity contribution is -0.0325. The van der Waals surface area contributed by atoms with Crippen LogP contribution in [0.5, 0.6) is 0 Å². The van der Waals surface area contributed by atoms with Gasteiger partial charge in [-0.05, 0) is 109 Å². The number of fused-ring (bicyclic) bond motifs is 5. The predicted molar refractivity (Wildman–Crippen MR) is 119 cm³/mol. The fourth-order valence-corrected chi connectivity index (χ4v) is 7.10. The number of carbonyl (C=O) groups is 1. The van der Waals surface area contributed by atoms with E-state index in [2.05, 4.69) is 19.1 Å². The van der Waals surface area contributed by atoms with Crippen molar-refractivity contribution in [1.82, 2.24) is 0 Å². The fraction of sp³-hybridized carbons (Fsp3) is 0.500. The van der Waals surface area contributed by atoms with Gasteiger partial charge in [-0.25, -0.2) is 0 Å². The van der Waals surface area contributed by atoms with Gasteiger partial charge in [0, 0.05) is 11.3 Å². The molecule has 4 nitrogen and oxygen atoms in total. The van der Waals surface area contributed by atoms with E-state index < -0.39 is 5.91 Å². The molecule has 2 saturated carbocycles. The summed E-state index contributed by atoms with van der Waals surface area (Å²) in [6, 6.07) is 14.1. The highest BCUT2D eigenvalue weighted by Gasteiger charge is 2.57. The van der Waals surface area contributed by atoms with E-state index >= 15 is 0 Å². The van der Waals surface area contributed by atoms with Crippen LogP contribution in [0.25, 0.3) is 0 Å². The first kappa shape index (κ1) is 19.6. The Labute approximate surface area is 178 Å². The Hall–Kier alpha value is -2.33. The van der Waals surface area contributed by atoms with E-state index in [1.807, 2.05) is 24.3 Å². The summed E-state index contributed by atoms with van der Waals surface area (Å²) in [5.41, 5.74) is 16.9. The number of rotatable bonds is 3. The van der Waals surface area contributed by atoms with Crippen molar-refractivity contribution in [3.8, 4) is 0 Å². The number of aliphatic hydroxyl groups is 1. The highest BCUT2D eigenvalue weighted by Crippen LogP contribution is 2.62. The molecule has 0 aromatic heterocycles.